The van der Waals surface area contributed by atoms with Gasteiger partial charge >= 0.3 is 0 Å². The summed E-state index contributed by atoms with van der Waals surface area (Å²) in [5.74, 6) is 0.458. The molecule has 0 aliphatic carbocycles. The molecular formula is C24H24N6O3. The Balaban J connectivity index is 1.64. The number of aryl methyl sites for hydroxylation is 1. The SMILES string of the molecule is COc1cc2ncnc(-c3cn(C)nc3-c3ccccc3)c2nc1NC(=O)C1(C)CCCO1. The highest BCUT2D eigenvalue weighted by Gasteiger charge is 2.38. The number of nitrogens with zero attached hydrogens (tertiary/aromatic N) is 5. The maximum absolute atomic E-state index is 13.0. The molecule has 0 saturated carbocycles. The van der Waals surface area contributed by atoms with Gasteiger partial charge in [-0.1, -0.05) is 30.3 Å². The fraction of sp³-hybridized carbons (Fsp3) is 0.292. The minimum atomic E-state index is -0.887. The lowest BCUT2D eigenvalue weighted by atomic mass is 10.0. The van der Waals surface area contributed by atoms with Gasteiger partial charge < -0.3 is 14.8 Å². The van der Waals surface area contributed by atoms with Gasteiger partial charge in [-0.05, 0) is 19.8 Å². The molecule has 1 aromatic carbocycles. The average molecular weight is 444 g/mol. The molecule has 0 radical (unpaired) electrons. The van der Waals surface area contributed by atoms with E-state index < -0.39 is 5.60 Å². The molecule has 3 aromatic heterocycles. The standard InChI is InChI=1S/C24H24N6O3/c1-24(10-7-11-33-24)23(31)28-22-18(32-3)12-17-21(27-22)20(26-14-25-17)16-13-30(2)29-19(16)15-8-5-4-6-9-15/h4-6,8-9,12-14H,7,10-11H2,1-3H3,(H,27,28,31). The number of hydrogen-bond acceptors (Lipinski definition) is 7. The Morgan fingerprint density at radius 3 is 2.76 bits per heavy atom. The van der Waals surface area contributed by atoms with E-state index in [-0.39, 0.29) is 5.91 Å². The lowest BCUT2D eigenvalue weighted by molar-refractivity contribution is -0.133. The lowest BCUT2D eigenvalue weighted by Gasteiger charge is -2.22. The van der Waals surface area contributed by atoms with Crippen molar-refractivity contribution in [3.63, 3.8) is 0 Å². The molecule has 1 unspecified atom stereocenters. The number of anilines is 1. The maximum Gasteiger partial charge on any atom is 0.257 e. The second-order valence-corrected chi connectivity index (χ2v) is 8.20. The molecule has 4 aromatic rings. The molecule has 4 heterocycles. The average Bonchev–Trinajstić information content (AvgIpc) is 3.45. The number of hydrogen-bond donors (Lipinski definition) is 1. The number of benzene rings is 1. The molecule has 5 rings (SSSR count). The van der Waals surface area contributed by atoms with Crippen LogP contribution in [0.15, 0.2) is 48.9 Å². The van der Waals surface area contributed by atoms with Gasteiger partial charge in [0.25, 0.3) is 5.91 Å². The van der Waals surface area contributed by atoms with Crippen molar-refractivity contribution in [1.82, 2.24) is 24.7 Å². The van der Waals surface area contributed by atoms with Gasteiger partial charge in [-0.3, -0.25) is 9.48 Å². The van der Waals surface area contributed by atoms with Gasteiger partial charge in [0.05, 0.1) is 12.6 Å². The number of nitrogens with one attached hydrogen (secondary N) is 1. The van der Waals surface area contributed by atoms with Gasteiger partial charge in [0, 0.05) is 37.0 Å². The molecular weight excluding hydrogens is 420 g/mol. The van der Waals surface area contributed by atoms with E-state index in [1.807, 2.05) is 43.6 Å². The Bertz CT molecular complexity index is 1330. The highest BCUT2D eigenvalue weighted by Crippen LogP contribution is 2.36. The van der Waals surface area contributed by atoms with Crippen LogP contribution in [0, 0.1) is 0 Å². The van der Waals surface area contributed by atoms with Crippen LogP contribution in [0.25, 0.3) is 33.5 Å². The van der Waals surface area contributed by atoms with Crippen LogP contribution in [0.3, 0.4) is 0 Å². The first-order chi connectivity index (χ1) is 16.0. The molecule has 1 N–H and O–H groups in total. The maximum atomic E-state index is 13.0. The molecule has 9 heteroatoms. The third-order valence-corrected chi connectivity index (χ3v) is 5.86. The largest absolute Gasteiger partial charge is 0.493 e. The Morgan fingerprint density at radius 2 is 2.03 bits per heavy atom. The number of fused-ring (bicyclic) bond motifs is 1. The summed E-state index contributed by atoms with van der Waals surface area (Å²) in [5.41, 5.74) is 3.44. The fourth-order valence-electron chi connectivity index (χ4n) is 4.08. The van der Waals surface area contributed by atoms with Crippen molar-refractivity contribution in [2.45, 2.75) is 25.4 Å². The number of pyridine rings is 1. The van der Waals surface area contributed by atoms with E-state index in [4.69, 9.17) is 14.5 Å². The minimum Gasteiger partial charge on any atom is -0.493 e. The third kappa shape index (κ3) is 3.80. The van der Waals surface area contributed by atoms with Crippen molar-refractivity contribution in [3.05, 3.63) is 48.9 Å². The van der Waals surface area contributed by atoms with E-state index >= 15 is 0 Å². The van der Waals surface area contributed by atoms with Gasteiger partial charge in [0.1, 0.15) is 28.8 Å². The van der Waals surface area contributed by atoms with E-state index in [1.54, 1.807) is 17.7 Å². The molecule has 0 bridgehead atoms. The quantitative estimate of drug-likeness (QED) is 0.501. The number of aromatic nitrogens is 5. The number of methoxy groups -OCH3 is 1. The summed E-state index contributed by atoms with van der Waals surface area (Å²) in [5, 5.41) is 7.54. The summed E-state index contributed by atoms with van der Waals surface area (Å²) in [6, 6.07) is 11.6. The van der Waals surface area contributed by atoms with Gasteiger partial charge in [0.15, 0.2) is 11.6 Å². The molecule has 0 spiro atoms. The van der Waals surface area contributed by atoms with Gasteiger partial charge in [-0.2, -0.15) is 5.10 Å². The number of carbonyl (C=O) groups is 1. The first kappa shape index (κ1) is 21.0. The molecule has 1 atom stereocenters. The summed E-state index contributed by atoms with van der Waals surface area (Å²) in [7, 11) is 3.40. The number of rotatable bonds is 5. The van der Waals surface area contributed by atoms with Crippen LogP contribution < -0.4 is 10.1 Å². The first-order valence-corrected chi connectivity index (χ1v) is 10.7. The zero-order valence-electron chi connectivity index (χ0n) is 18.7. The van der Waals surface area contributed by atoms with Crippen molar-refractivity contribution >= 4 is 22.8 Å². The van der Waals surface area contributed by atoms with Crippen molar-refractivity contribution < 1.29 is 14.3 Å². The molecule has 1 saturated heterocycles. The summed E-state index contributed by atoms with van der Waals surface area (Å²) >= 11 is 0. The summed E-state index contributed by atoms with van der Waals surface area (Å²) < 4.78 is 12.9. The number of amides is 1. The Kier molecular flexibility index (Phi) is 5.26. The van der Waals surface area contributed by atoms with Crippen LogP contribution in [0.1, 0.15) is 19.8 Å². The predicted octanol–water partition coefficient (Wildman–Crippen LogP) is 3.61. The Morgan fingerprint density at radius 1 is 1.21 bits per heavy atom. The normalized spacial score (nSPS) is 17.9. The monoisotopic (exact) mass is 444 g/mol. The number of ether oxygens (including phenoxy) is 2. The zero-order chi connectivity index (χ0) is 23.0. The molecule has 33 heavy (non-hydrogen) atoms. The van der Waals surface area contributed by atoms with Crippen LogP contribution >= 0.6 is 0 Å². The van der Waals surface area contributed by atoms with Gasteiger partial charge in [0.2, 0.25) is 0 Å². The summed E-state index contributed by atoms with van der Waals surface area (Å²) in [6.07, 6.45) is 4.89. The summed E-state index contributed by atoms with van der Waals surface area (Å²) in [6.45, 7) is 2.35. The van der Waals surface area contributed by atoms with Crippen LogP contribution in [0.4, 0.5) is 5.82 Å². The summed E-state index contributed by atoms with van der Waals surface area (Å²) in [4.78, 5) is 26.6. The van der Waals surface area contributed by atoms with E-state index in [1.165, 1.54) is 13.4 Å². The van der Waals surface area contributed by atoms with Crippen LogP contribution in [-0.2, 0) is 16.6 Å². The number of carbonyl (C=O) groups excluding carboxylic acids is 1. The molecule has 1 aliphatic heterocycles. The Labute approximate surface area is 190 Å². The Hall–Kier alpha value is -3.85. The topological polar surface area (TPSA) is 104 Å². The second-order valence-electron chi connectivity index (χ2n) is 8.20. The zero-order valence-corrected chi connectivity index (χ0v) is 18.7. The fourth-order valence-corrected chi connectivity index (χ4v) is 4.08. The van der Waals surface area contributed by atoms with Crippen LogP contribution in [0.2, 0.25) is 0 Å². The molecule has 168 valence electrons. The third-order valence-electron chi connectivity index (χ3n) is 5.86. The molecule has 1 fully saturated rings. The van der Waals surface area contributed by atoms with Crippen LogP contribution in [-0.4, -0.2) is 50.0 Å². The lowest BCUT2D eigenvalue weighted by Crippen LogP contribution is -2.39. The second kappa shape index (κ2) is 8.25. The van der Waals surface area contributed by atoms with Gasteiger partial charge in [-0.25, -0.2) is 15.0 Å². The predicted molar refractivity (Wildman–Crippen MR) is 124 cm³/mol. The minimum absolute atomic E-state index is 0.255. The highest BCUT2D eigenvalue weighted by atomic mass is 16.5. The molecule has 9 nitrogen and oxygen atoms in total. The van der Waals surface area contributed by atoms with Crippen molar-refractivity contribution in [3.8, 4) is 28.3 Å². The van der Waals surface area contributed by atoms with Crippen LogP contribution in [0.5, 0.6) is 5.75 Å². The van der Waals surface area contributed by atoms with Crippen molar-refractivity contribution in [2.75, 3.05) is 19.0 Å². The van der Waals surface area contributed by atoms with E-state index in [0.29, 0.717) is 41.3 Å². The van der Waals surface area contributed by atoms with Gasteiger partial charge in [-0.15, -0.1) is 0 Å². The van der Waals surface area contributed by atoms with E-state index in [9.17, 15) is 4.79 Å². The van der Waals surface area contributed by atoms with E-state index in [0.717, 1.165) is 23.2 Å². The highest BCUT2D eigenvalue weighted by molar-refractivity contribution is 6.00. The smallest absolute Gasteiger partial charge is 0.257 e. The molecule has 1 aliphatic rings. The van der Waals surface area contributed by atoms with Crippen molar-refractivity contribution in [2.24, 2.45) is 7.05 Å². The first-order valence-electron chi connectivity index (χ1n) is 10.7. The van der Waals surface area contributed by atoms with Crippen molar-refractivity contribution in [1.29, 1.82) is 0 Å². The molecule has 1 amide bonds. The van der Waals surface area contributed by atoms with E-state index in [2.05, 4.69) is 20.4 Å².